The third kappa shape index (κ3) is 2.41. The van der Waals surface area contributed by atoms with E-state index in [1.54, 1.807) is 18.2 Å². The predicted octanol–water partition coefficient (Wildman–Crippen LogP) is 2.97. The highest BCUT2D eigenvalue weighted by Crippen LogP contribution is 2.26. The van der Waals surface area contributed by atoms with Crippen LogP contribution in [0.25, 0.3) is 5.57 Å². The molecule has 2 rings (SSSR count). The smallest absolute Gasteiger partial charge is 0.177 e. The summed E-state index contributed by atoms with van der Waals surface area (Å²) in [6, 6.07) is 5.04. The third-order valence-electron chi connectivity index (χ3n) is 2.82. The fraction of sp³-hybridized carbons (Fsp3) is 0.214. The molecule has 0 saturated carbocycles. The van der Waals surface area contributed by atoms with Gasteiger partial charge >= 0.3 is 0 Å². The van der Waals surface area contributed by atoms with Gasteiger partial charge in [-0.25, -0.2) is 0 Å². The van der Waals surface area contributed by atoms with Crippen LogP contribution in [0.3, 0.4) is 0 Å². The second-order valence-electron chi connectivity index (χ2n) is 4.17. The van der Waals surface area contributed by atoms with Gasteiger partial charge in [-0.3, -0.25) is 14.6 Å². The molecular formula is C14H12ClNO2. The van der Waals surface area contributed by atoms with E-state index in [0.29, 0.717) is 21.7 Å². The average Bonchev–Trinajstić information content (AvgIpc) is 2.31. The lowest BCUT2D eigenvalue weighted by atomic mass is 9.92. The molecule has 3 nitrogen and oxygen atoms in total. The van der Waals surface area contributed by atoms with Gasteiger partial charge in [-0.05, 0) is 43.7 Å². The minimum atomic E-state index is -0.0647. The van der Waals surface area contributed by atoms with Crippen molar-refractivity contribution >= 4 is 34.5 Å². The van der Waals surface area contributed by atoms with Gasteiger partial charge in [0.25, 0.3) is 0 Å². The highest BCUT2D eigenvalue weighted by molar-refractivity contribution is 6.33. The fourth-order valence-electron chi connectivity index (χ4n) is 1.91. The molecule has 1 aromatic carbocycles. The number of nitrogens with zero attached hydrogens (tertiary/aromatic N) is 1. The monoisotopic (exact) mass is 261 g/mol. The molecule has 0 aromatic heterocycles. The van der Waals surface area contributed by atoms with E-state index >= 15 is 0 Å². The maximum absolute atomic E-state index is 11.6. The Morgan fingerprint density at radius 3 is 2.78 bits per heavy atom. The fourth-order valence-corrected chi connectivity index (χ4v) is 2.08. The maximum atomic E-state index is 11.6. The van der Waals surface area contributed by atoms with E-state index in [1.165, 1.54) is 13.0 Å². The summed E-state index contributed by atoms with van der Waals surface area (Å²) in [6.45, 7) is 3.48. The minimum absolute atomic E-state index is 0.0617. The van der Waals surface area contributed by atoms with Gasteiger partial charge in [-0.1, -0.05) is 11.6 Å². The maximum Gasteiger partial charge on any atom is 0.177 e. The van der Waals surface area contributed by atoms with Crippen LogP contribution < -0.4 is 0 Å². The van der Waals surface area contributed by atoms with Crippen molar-refractivity contribution in [3.05, 3.63) is 40.4 Å². The van der Waals surface area contributed by atoms with Crippen molar-refractivity contribution in [1.29, 1.82) is 0 Å². The summed E-state index contributed by atoms with van der Waals surface area (Å²) in [5, 5.41) is 0.529. The summed E-state index contributed by atoms with van der Waals surface area (Å²) < 4.78 is 0. The Morgan fingerprint density at radius 2 is 2.11 bits per heavy atom. The van der Waals surface area contributed by atoms with Crippen molar-refractivity contribution in [2.45, 2.75) is 13.8 Å². The van der Waals surface area contributed by atoms with Crippen LogP contribution >= 0.6 is 11.6 Å². The van der Waals surface area contributed by atoms with E-state index in [9.17, 15) is 9.59 Å². The number of halogens is 1. The zero-order valence-corrected chi connectivity index (χ0v) is 10.9. The number of hydrogen-bond donors (Lipinski definition) is 0. The van der Waals surface area contributed by atoms with Crippen molar-refractivity contribution in [2.75, 3.05) is 6.54 Å². The first-order valence-corrected chi connectivity index (χ1v) is 5.93. The summed E-state index contributed by atoms with van der Waals surface area (Å²) in [5.74, 6) is -0.126. The van der Waals surface area contributed by atoms with Crippen molar-refractivity contribution < 1.29 is 9.59 Å². The molecule has 0 amide bonds. The van der Waals surface area contributed by atoms with Crippen LogP contribution in [-0.2, 0) is 4.79 Å². The SMILES string of the molecule is CC(=O)c1ccc(Cl)cc1C1=CC(=O)CN=C1C. The number of carbonyl (C=O) groups excluding carboxylic acids is 2. The van der Waals surface area contributed by atoms with Crippen LogP contribution in [0.2, 0.25) is 5.02 Å². The van der Waals surface area contributed by atoms with Crippen molar-refractivity contribution in [1.82, 2.24) is 0 Å². The highest BCUT2D eigenvalue weighted by atomic mass is 35.5. The van der Waals surface area contributed by atoms with Gasteiger partial charge in [0.05, 0.1) is 0 Å². The summed E-state index contributed by atoms with van der Waals surface area (Å²) in [5.41, 5.74) is 2.65. The molecule has 18 heavy (non-hydrogen) atoms. The molecule has 0 bridgehead atoms. The molecule has 1 heterocycles. The summed E-state index contributed by atoms with van der Waals surface area (Å²) in [4.78, 5) is 27.2. The van der Waals surface area contributed by atoms with Crippen LogP contribution in [0, 0.1) is 0 Å². The van der Waals surface area contributed by atoms with Crippen LogP contribution in [0.1, 0.15) is 29.8 Å². The molecule has 0 aliphatic carbocycles. The first kappa shape index (κ1) is 12.7. The molecule has 0 radical (unpaired) electrons. The Hall–Kier alpha value is -1.74. The predicted molar refractivity (Wildman–Crippen MR) is 72.4 cm³/mol. The van der Waals surface area contributed by atoms with Crippen molar-refractivity contribution in [2.24, 2.45) is 4.99 Å². The molecule has 92 valence electrons. The number of dihydropyridines is 1. The molecule has 1 aliphatic heterocycles. The van der Waals surface area contributed by atoms with Gasteiger partial charge in [0.1, 0.15) is 6.54 Å². The number of Topliss-reactive ketones (excluding diaryl/α,β-unsaturated/α-hetero) is 1. The molecular weight excluding hydrogens is 250 g/mol. The molecule has 0 N–H and O–H groups in total. The summed E-state index contributed by atoms with van der Waals surface area (Å²) in [7, 11) is 0. The number of rotatable bonds is 2. The van der Waals surface area contributed by atoms with Gasteiger partial charge in [0.2, 0.25) is 0 Å². The van der Waals surface area contributed by atoms with Crippen LogP contribution in [0.4, 0.5) is 0 Å². The van der Waals surface area contributed by atoms with Crippen LogP contribution in [0.5, 0.6) is 0 Å². The van der Waals surface area contributed by atoms with Crippen LogP contribution in [-0.4, -0.2) is 23.8 Å². The number of ketones is 2. The Labute approximate surface area is 110 Å². The number of benzene rings is 1. The zero-order chi connectivity index (χ0) is 13.3. The minimum Gasteiger partial charge on any atom is -0.294 e. The highest BCUT2D eigenvalue weighted by Gasteiger charge is 2.18. The number of carbonyl (C=O) groups is 2. The van der Waals surface area contributed by atoms with Crippen LogP contribution in [0.15, 0.2) is 29.3 Å². The van der Waals surface area contributed by atoms with E-state index in [1.807, 2.05) is 6.92 Å². The summed E-state index contributed by atoms with van der Waals surface area (Å²) in [6.07, 6.45) is 1.53. The van der Waals surface area contributed by atoms with Gasteiger partial charge in [-0.15, -0.1) is 0 Å². The van der Waals surface area contributed by atoms with E-state index < -0.39 is 0 Å². The molecule has 0 fully saturated rings. The lowest BCUT2D eigenvalue weighted by Gasteiger charge is -2.14. The third-order valence-corrected chi connectivity index (χ3v) is 3.05. The van der Waals surface area contributed by atoms with E-state index in [0.717, 1.165) is 5.71 Å². The largest absolute Gasteiger partial charge is 0.294 e. The first-order chi connectivity index (χ1) is 8.49. The van der Waals surface area contributed by atoms with Gasteiger partial charge in [-0.2, -0.15) is 0 Å². The van der Waals surface area contributed by atoms with Gasteiger partial charge in [0.15, 0.2) is 11.6 Å². The number of aliphatic imine (C=N–C) groups is 1. The Morgan fingerprint density at radius 1 is 1.39 bits per heavy atom. The molecule has 0 unspecified atom stereocenters. The molecule has 1 aromatic rings. The molecule has 0 saturated heterocycles. The lowest BCUT2D eigenvalue weighted by molar-refractivity contribution is -0.113. The number of allylic oxidation sites excluding steroid dienone is 1. The van der Waals surface area contributed by atoms with Crippen molar-refractivity contribution in [3.8, 4) is 0 Å². The second kappa shape index (κ2) is 4.86. The lowest BCUT2D eigenvalue weighted by Crippen LogP contribution is -2.13. The standard InChI is InChI=1S/C14H12ClNO2/c1-8-13(6-11(18)7-16-8)14-5-10(15)3-4-12(14)9(2)17/h3-6H,7H2,1-2H3. The van der Waals surface area contributed by atoms with Crippen molar-refractivity contribution in [3.63, 3.8) is 0 Å². The molecule has 0 atom stereocenters. The van der Waals surface area contributed by atoms with E-state index in [-0.39, 0.29) is 18.1 Å². The zero-order valence-electron chi connectivity index (χ0n) is 10.2. The Kier molecular flexibility index (Phi) is 3.43. The topological polar surface area (TPSA) is 46.5 Å². The molecule has 4 heteroatoms. The molecule has 1 aliphatic rings. The van der Waals surface area contributed by atoms with Gasteiger partial charge in [0, 0.05) is 21.9 Å². The quantitative estimate of drug-likeness (QED) is 0.769. The first-order valence-electron chi connectivity index (χ1n) is 5.56. The second-order valence-corrected chi connectivity index (χ2v) is 4.61. The summed E-state index contributed by atoms with van der Waals surface area (Å²) >= 11 is 5.96. The Balaban J connectivity index is 2.63. The van der Waals surface area contributed by atoms with Gasteiger partial charge < -0.3 is 0 Å². The van der Waals surface area contributed by atoms with E-state index in [4.69, 9.17) is 11.6 Å². The number of hydrogen-bond acceptors (Lipinski definition) is 3. The Bertz CT molecular complexity index is 600. The molecule has 0 spiro atoms. The normalized spacial score (nSPS) is 15.2. The average molecular weight is 262 g/mol. The van der Waals surface area contributed by atoms with E-state index in [2.05, 4.69) is 4.99 Å².